The van der Waals surface area contributed by atoms with Gasteiger partial charge in [-0.3, -0.25) is 0 Å². The zero-order valence-electron chi connectivity index (χ0n) is 6.77. The number of hydrogen-bond donors (Lipinski definition) is 0. The van der Waals surface area contributed by atoms with Gasteiger partial charge < -0.3 is 0 Å². The second-order valence-corrected chi connectivity index (χ2v) is 3.60. The van der Waals surface area contributed by atoms with Crippen LogP contribution in [-0.4, -0.2) is 4.98 Å². The van der Waals surface area contributed by atoms with E-state index in [0.717, 1.165) is 0 Å². The summed E-state index contributed by atoms with van der Waals surface area (Å²) in [5.41, 5.74) is -0.572. The number of nitriles is 1. The molecule has 0 unspecified atom stereocenters. The van der Waals surface area contributed by atoms with Gasteiger partial charge in [0.1, 0.15) is 5.69 Å². The molecule has 0 aliphatic rings. The first kappa shape index (κ1) is 11.2. The molecule has 0 N–H and O–H groups in total. The van der Waals surface area contributed by atoms with Crippen molar-refractivity contribution >= 4 is 22.6 Å². The fraction of sp³-hybridized carbons (Fsp3) is 0.250. The molecular weight excluding hydrogens is 308 g/mol. The van der Waals surface area contributed by atoms with Gasteiger partial charge in [-0.1, -0.05) is 0 Å². The normalized spacial score (nSPS) is 10.3. The van der Waals surface area contributed by atoms with Crippen molar-refractivity contribution in [3.05, 3.63) is 26.8 Å². The predicted octanol–water partition coefficient (Wildman–Crippen LogP) is 2.83. The molecule has 6 heteroatoms. The van der Waals surface area contributed by atoms with Crippen molar-refractivity contribution in [3.8, 4) is 6.07 Å². The minimum absolute atomic E-state index is 0.0771. The zero-order valence-corrected chi connectivity index (χ0v) is 8.93. The van der Waals surface area contributed by atoms with Crippen LogP contribution in [0, 0.1) is 20.8 Å². The Balaban J connectivity index is 3.25. The van der Waals surface area contributed by atoms with E-state index < -0.39 is 18.1 Å². The molecule has 2 nitrogen and oxygen atoms in total. The summed E-state index contributed by atoms with van der Waals surface area (Å²) in [5, 5.41) is 8.37. The number of halogens is 4. The summed E-state index contributed by atoms with van der Waals surface area (Å²) in [6, 6.07) is 2.94. The van der Waals surface area contributed by atoms with Gasteiger partial charge in [0, 0.05) is 0 Å². The Kier molecular flexibility index (Phi) is 3.69. The molecule has 1 rings (SSSR count). The van der Waals surface area contributed by atoms with E-state index >= 15 is 0 Å². The molecule has 0 atom stereocenters. The molecule has 0 bridgehead atoms. The van der Waals surface area contributed by atoms with Crippen molar-refractivity contribution in [2.45, 2.75) is 12.8 Å². The van der Waals surface area contributed by atoms with Gasteiger partial charge in [-0.25, -0.2) is 13.8 Å². The minimum Gasteiger partial charge on any atom is -0.218 e. The Morgan fingerprint density at radius 2 is 2.21 bits per heavy atom. The van der Waals surface area contributed by atoms with Crippen LogP contribution in [0.5, 0.6) is 0 Å². The average molecular weight is 312 g/mol. The topological polar surface area (TPSA) is 36.7 Å². The lowest BCUT2D eigenvalue weighted by Gasteiger charge is -2.05. The van der Waals surface area contributed by atoms with E-state index in [1.165, 1.54) is 6.07 Å². The van der Waals surface area contributed by atoms with Gasteiger partial charge in [0.2, 0.25) is 5.95 Å². The van der Waals surface area contributed by atoms with Gasteiger partial charge in [0.05, 0.1) is 16.1 Å². The first-order valence-corrected chi connectivity index (χ1v) is 4.64. The fourth-order valence-corrected chi connectivity index (χ4v) is 1.43. The van der Waals surface area contributed by atoms with Crippen LogP contribution in [0.4, 0.5) is 13.2 Å². The Morgan fingerprint density at radius 3 is 2.71 bits per heavy atom. The van der Waals surface area contributed by atoms with Crippen LogP contribution in [-0.2, 0) is 6.42 Å². The molecule has 1 aromatic heterocycles. The lowest BCUT2D eigenvalue weighted by atomic mass is 10.1. The van der Waals surface area contributed by atoms with Crippen molar-refractivity contribution < 1.29 is 13.2 Å². The van der Waals surface area contributed by atoms with E-state index in [9.17, 15) is 13.2 Å². The zero-order chi connectivity index (χ0) is 10.7. The molecule has 1 heterocycles. The number of alkyl halides is 2. The van der Waals surface area contributed by atoms with Crippen LogP contribution in [0.2, 0.25) is 0 Å². The van der Waals surface area contributed by atoms with Gasteiger partial charge in [-0.15, -0.1) is 0 Å². The molecule has 0 spiro atoms. The third kappa shape index (κ3) is 2.35. The lowest BCUT2D eigenvalue weighted by Crippen LogP contribution is -2.02. The summed E-state index contributed by atoms with van der Waals surface area (Å²) >= 11 is 1.64. The van der Waals surface area contributed by atoms with E-state index in [4.69, 9.17) is 5.26 Å². The van der Waals surface area contributed by atoms with Crippen LogP contribution in [0.1, 0.15) is 17.7 Å². The van der Waals surface area contributed by atoms with E-state index in [-0.39, 0.29) is 15.6 Å². The second-order valence-electron chi connectivity index (χ2n) is 2.44. The molecule has 0 fully saturated rings. The monoisotopic (exact) mass is 312 g/mol. The number of pyridine rings is 1. The molecule has 0 saturated carbocycles. The van der Waals surface area contributed by atoms with Gasteiger partial charge >= 0.3 is 0 Å². The molecule has 1 aromatic rings. The highest BCUT2D eigenvalue weighted by atomic mass is 127. The van der Waals surface area contributed by atoms with Crippen LogP contribution in [0.3, 0.4) is 0 Å². The summed E-state index contributed by atoms with van der Waals surface area (Å²) in [7, 11) is 0. The van der Waals surface area contributed by atoms with Crippen molar-refractivity contribution in [1.82, 2.24) is 4.98 Å². The van der Waals surface area contributed by atoms with Gasteiger partial charge in [-0.2, -0.15) is 9.65 Å². The molecule has 0 radical (unpaired) electrons. The summed E-state index contributed by atoms with van der Waals surface area (Å²) in [6.45, 7) is 0. The highest BCUT2D eigenvalue weighted by Crippen LogP contribution is 2.23. The summed E-state index contributed by atoms with van der Waals surface area (Å²) in [5.74, 6) is -0.928. The third-order valence-corrected chi connectivity index (χ3v) is 2.28. The number of nitrogens with zero attached hydrogens (tertiary/aromatic N) is 2. The molecule has 14 heavy (non-hydrogen) atoms. The third-order valence-electron chi connectivity index (χ3n) is 1.52. The predicted molar refractivity (Wildman–Crippen MR) is 51.2 cm³/mol. The quantitative estimate of drug-likeness (QED) is 0.622. The van der Waals surface area contributed by atoms with Crippen molar-refractivity contribution in [2.24, 2.45) is 0 Å². The summed E-state index contributed by atoms with van der Waals surface area (Å²) in [4.78, 5) is 3.12. The van der Waals surface area contributed by atoms with E-state index in [0.29, 0.717) is 0 Å². The van der Waals surface area contributed by atoms with Crippen molar-refractivity contribution in [2.75, 3.05) is 0 Å². The molecule has 0 aliphatic carbocycles. The molecule has 0 saturated heterocycles. The number of rotatable bonds is 2. The van der Waals surface area contributed by atoms with Crippen molar-refractivity contribution in [3.63, 3.8) is 0 Å². The van der Waals surface area contributed by atoms with Crippen LogP contribution in [0.15, 0.2) is 6.07 Å². The van der Waals surface area contributed by atoms with E-state index in [1.807, 2.05) is 0 Å². The minimum atomic E-state index is -2.86. The van der Waals surface area contributed by atoms with Crippen molar-refractivity contribution in [1.29, 1.82) is 5.26 Å². The second kappa shape index (κ2) is 4.59. The highest BCUT2D eigenvalue weighted by Gasteiger charge is 2.17. The van der Waals surface area contributed by atoms with E-state index in [2.05, 4.69) is 4.98 Å². The Labute approximate surface area is 91.9 Å². The SMILES string of the molecule is N#CCc1cc(I)c(F)nc1C(F)F. The Bertz CT molecular complexity index is 387. The average Bonchev–Trinajstić information content (AvgIpc) is 2.11. The summed E-state index contributed by atoms with van der Waals surface area (Å²) < 4.78 is 37.6. The largest absolute Gasteiger partial charge is 0.280 e. The maximum atomic E-state index is 12.8. The molecule has 0 aromatic carbocycles. The summed E-state index contributed by atoms with van der Waals surface area (Å²) in [6.07, 6.45) is -3.05. The van der Waals surface area contributed by atoms with Crippen LogP contribution < -0.4 is 0 Å². The van der Waals surface area contributed by atoms with Crippen LogP contribution in [0.25, 0.3) is 0 Å². The fourth-order valence-electron chi connectivity index (χ4n) is 0.933. The molecular formula is C8H4F3IN2. The highest BCUT2D eigenvalue weighted by molar-refractivity contribution is 14.1. The lowest BCUT2D eigenvalue weighted by molar-refractivity contribution is 0.143. The van der Waals surface area contributed by atoms with Gasteiger partial charge in [0.25, 0.3) is 6.43 Å². The van der Waals surface area contributed by atoms with E-state index in [1.54, 1.807) is 28.7 Å². The van der Waals surface area contributed by atoms with Gasteiger partial charge in [-0.05, 0) is 34.2 Å². The maximum absolute atomic E-state index is 12.8. The maximum Gasteiger partial charge on any atom is 0.280 e. The molecule has 74 valence electrons. The Morgan fingerprint density at radius 1 is 1.57 bits per heavy atom. The Hall–Kier alpha value is -0.840. The number of aromatic nitrogens is 1. The number of hydrogen-bond acceptors (Lipinski definition) is 2. The van der Waals surface area contributed by atoms with Gasteiger partial charge in [0.15, 0.2) is 0 Å². The molecule has 0 amide bonds. The smallest absolute Gasteiger partial charge is 0.218 e. The van der Waals surface area contributed by atoms with Crippen LogP contribution >= 0.6 is 22.6 Å². The first-order valence-electron chi connectivity index (χ1n) is 3.56. The first-order chi connectivity index (χ1) is 6.56. The standard InChI is InChI=1S/C8H4F3IN2/c9-7(10)6-4(1-2-13)3-5(12)8(11)14-6/h3,7H,1H2. The molecule has 0 aliphatic heterocycles.